The fourth-order valence-corrected chi connectivity index (χ4v) is 6.04. The van der Waals surface area contributed by atoms with Gasteiger partial charge in [-0.15, -0.1) is 0 Å². The second kappa shape index (κ2) is 10.2. The molecule has 1 amide bonds. The standard InChI is InChI=1S/C22H30F2N2O4S/c1-2-3-14-31(29,30)26-12-8-17(9-13-26)22(28)25-10-6-16(7-11-25)21(27)19-15-18(23)4-5-20(19)24/h4-5,15-17H,2-3,6-14H2,1H3. The van der Waals surface area contributed by atoms with E-state index in [1.54, 1.807) is 4.90 Å². The summed E-state index contributed by atoms with van der Waals surface area (Å²) >= 11 is 0. The zero-order valence-corrected chi connectivity index (χ0v) is 18.7. The predicted molar refractivity (Wildman–Crippen MR) is 113 cm³/mol. The van der Waals surface area contributed by atoms with E-state index >= 15 is 0 Å². The molecule has 0 N–H and O–H groups in total. The van der Waals surface area contributed by atoms with Gasteiger partial charge in [0.1, 0.15) is 11.6 Å². The van der Waals surface area contributed by atoms with E-state index in [2.05, 4.69) is 0 Å². The van der Waals surface area contributed by atoms with Crippen molar-refractivity contribution in [3.63, 3.8) is 0 Å². The number of sulfonamides is 1. The number of likely N-dealkylation sites (tertiary alicyclic amines) is 1. The van der Waals surface area contributed by atoms with Gasteiger partial charge in [0.15, 0.2) is 5.78 Å². The summed E-state index contributed by atoms with van der Waals surface area (Å²) in [6.07, 6.45) is 3.26. The number of piperidine rings is 2. The molecule has 172 valence electrons. The van der Waals surface area contributed by atoms with Crippen molar-refractivity contribution in [2.24, 2.45) is 11.8 Å². The minimum atomic E-state index is -3.26. The summed E-state index contributed by atoms with van der Waals surface area (Å²) in [5.41, 5.74) is -0.235. The molecule has 0 bridgehead atoms. The molecule has 0 spiro atoms. The number of carbonyl (C=O) groups is 2. The molecule has 2 saturated heterocycles. The first-order valence-electron chi connectivity index (χ1n) is 11.0. The molecule has 2 aliphatic heterocycles. The first-order valence-corrected chi connectivity index (χ1v) is 12.6. The van der Waals surface area contributed by atoms with E-state index in [0.717, 1.165) is 24.6 Å². The summed E-state index contributed by atoms with van der Waals surface area (Å²) in [6.45, 7) is 3.45. The monoisotopic (exact) mass is 456 g/mol. The number of nitrogens with zero attached hydrogens (tertiary/aromatic N) is 2. The number of rotatable bonds is 7. The average molecular weight is 457 g/mol. The molecule has 0 aliphatic carbocycles. The summed E-state index contributed by atoms with van der Waals surface area (Å²) in [5, 5.41) is 0. The van der Waals surface area contributed by atoms with Crippen molar-refractivity contribution in [2.75, 3.05) is 31.9 Å². The van der Waals surface area contributed by atoms with Gasteiger partial charge in [0.25, 0.3) is 0 Å². The molecule has 9 heteroatoms. The van der Waals surface area contributed by atoms with Crippen molar-refractivity contribution in [2.45, 2.75) is 45.4 Å². The lowest BCUT2D eigenvalue weighted by atomic mass is 9.87. The van der Waals surface area contributed by atoms with Crippen LogP contribution in [0, 0.1) is 23.5 Å². The molecule has 6 nitrogen and oxygen atoms in total. The molecule has 2 aliphatic rings. The van der Waals surface area contributed by atoms with Gasteiger partial charge < -0.3 is 4.90 Å². The number of unbranched alkanes of at least 4 members (excludes halogenated alkanes) is 1. The minimum Gasteiger partial charge on any atom is -0.342 e. The number of halogens is 2. The summed E-state index contributed by atoms with van der Waals surface area (Å²) in [5.74, 6) is -2.32. The Balaban J connectivity index is 1.51. The van der Waals surface area contributed by atoms with Gasteiger partial charge in [0, 0.05) is 38.0 Å². The highest BCUT2D eigenvalue weighted by Gasteiger charge is 2.35. The largest absolute Gasteiger partial charge is 0.342 e. The number of ketones is 1. The molecule has 1 aromatic rings. The van der Waals surface area contributed by atoms with Gasteiger partial charge in [-0.3, -0.25) is 9.59 Å². The van der Waals surface area contributed by atoms with Gasteiger partial charge in [-0.1, -0.05) is 13.3 Å². The maximum absolute atomic E-state index is 13.9. The van der Waals surface area contributed by atoms with Crippen LogP contribution in [0.4, 0.5) is 8.78 Å². The lowest BCUT2D eigenvalue weighted by molar-refractivity contribution is -0.138. The van der Waals surface area contributed by atoms with Crippen LogP contribution < -0.4 is 0 Å². The molecular formula is C22H30F2N2O4S. The molecule has 2 fully saturated rings. The Labute approximate surface area is 182 Å². The molecule has 2 heterocycles. The highest BCUT2D eigenvalue weighted by Crippen LogP contribution is 2.27. The summed E-state index contributed by atoms with van der Waals surface area (Å²) in [4.78, 5) is 27.2. The van der Waals surface area contributed by atoms with E-state index in [1.165, 1.54) is 4.31 Å². The third kappa shape index (κ3) is 5.68. The van der Waals surface area contributed by atoms with Gasteiger partial charge in [0.2, 0.25) is 15.9 Å². The molecule has 0 unspecified atom stereocenters. The summed E-state index contributed by atoms with van der Waals surface area (Å²) in [7, 11) is -3.26. The smallest absolute Gasteiger partial charge is 0.225 e. The number of hydrogen-bond acceptors (Lipinski definition) is 4. The van der Waals surface area contributed by atoms with Crippen LogP contribution >= 0.6 is 0 Å². The summed E-state index contributed by atoms with van der Waals surface area (Å²) in [6, 6.07) is 2.86. The fourth-order valence-electron chi connectivity index (χ4n) is 4.36. The lowest BCUT2D eigenvalue weighted by Gasteiger charge is -2.36. The lowest BCUT2D eigenvalue weighted by Crippen LogP contribution is -2.47. The van der Waals surface area contributed by atoms with Gasteiger partial charge in [-0.25, -0.2) is 21.5 Å². The third-order valence-electron chi connectivity index (χ3n) is 6.32. The average Bonchev–Trinajstić information content (AvgIpc) is 2.78. The molecule has 0 aromatic heterocycles. The van der Waals surface area contributed by atoms with Crippen LogP contribution in [0.5, 0.6) is 0 Å². The van der Waals surface area contributed by atoms with E-state index < -0.39 is 33.4 Å². The maximum atomic E-state index is 13.9. The van der Waals surface area contributed by atoms with Crippen LogP contribution in [0.25, 0.3) is 0 Å². The number of Topliss-reactive ketones (excluding diaryl/α,β-unsaturated/α-hetero) is 1. The first-order chi connectivity index (χ1) is 14.7. The molecule has 0 saturated carbocycles. The first kappa shape index (κ1) is 23.8. The van der Waals surface area contributed by atoms with E-state index in [1.807, 2.05) is 6.92 Å². The molecule has 3 rings (SSSR count). The topological polar surface area (TPSA) is 74.8 Å². The molecule has 31 heavy (non-hydrogen) atoms. The van der Waals surface area contributed by atoms with Crippen LogP contribution in [0.2, 0.25) is 0 Å². The molecule has 0 atom stereocenters. The van der Waals surface area contributed by atoms with Gasteiger partial charge in [-0.05, 0) is 50.3 Å². The van der Waals surface area contributed by atoms with E-state index in [-0.39, 0.29) is 23.1 Å². The molecule has 0 radical (unpaired) electrons. The van der Waals surface area contributed by atoms with Crippen molar-refractivity contribution in [3.8, 4) is 0 Å². The Hall–Kier alpha value is -1.87. The second-order valence-electron chi connectivity index (χ2n) is 8.43. The minimum absolute atomic E-state index is 0.00607. The van der Waals surface area contributed by atoms with Crippen molar-refractivity contribution >= 4 is 21.7 Å². The zero-order valence-electron chi connectivity index (χ0n) is 17.9. The van der Waals surface area contributed by atoms with Gasteiger partial charge in [0.05, 0.1) is 11.3 Å². The van der Waals surface area contributed by atoms with Gasteiger partial charge >= 0.3 is 0 Å². The Morgan fingerprint density at radius 2 is 1.61 bits per heavy atom. The van der Waals surface area contributed by atoms with Crippen molar-refractivity contribution < 1.29 is 26.8 Å². The number of carbonyl (C=O) groups excluding carboxylic acids is 2. The highest BCUT2D eigenvalue weighted by atomic mass is 32.2. The normalized spacial score (nSPS) is 19.5. The molecular weight excluding hydrogens is 426 g/mol. The van der Waals surface area contributed by atoms with Crippen molar-refractivity contribution in [1.29, 1.82) is 0 Å². The SMILES string of the molecule is CCCCS(=O)(=O)N1CCC(C(=O)N2CCC(C(=O)c3cc(F)ccc3F)CC2)CC1. The number of benzene rings is 1. The predicted octanol–water partition coefficient (Wildman–Crippen LogP) is 3.23. The van der Waals surface area contributed by atoms with E-state index in [9.17, 15) is 26.8 Å². The van der Waals surface area contributed by atoms with Crippen molar-refractivity contribution in [3.05, 3.63) is 35.4 Å². The molecule has 1 aromatic carbocycles. The Kier molecular flexibility index (Phi) is 7.80. The Bertz CT molecular complexity index is 906. The van der Waals surface area contributed by atoms with E-state index in [0.29, 0.717) is 58.3 Å². The van der Waals surface area contributed by atoms with Crippen LogP contribution in [0.1, 0.15) is 55.8 Å². The maximum Gasteiger partial charge on any atom is 0.225 e. The quantitative estimate of drug-likeness (QED) is 0.591. The fraction of sp³-hybridized carbons (Fsp3) is 0.636. The Morgan fingerprint density at radius 3 is 2.23 bits per heavy atom. The third-order valence-corrected chi connectivity index (χ3v) is 8.28. The number of hydrogen-bond donors (Lipinski definition) is 0. The van der Waals surface area contributed by atoms with Gasteiger partial charge in [-0.2, -0.15) is 0 Å². The van der Waals surface area contributed by atoms with Crippen LogP contribution in [0.3, 0.4) is 0 Å². The highest BCUT2D eigenvalue weighted by molar-refractivity contribution is 7.89. The van der Waals surface area contributed by atoms with Crippen molar-refractivity contribution in [1.82, 2.24) is 9.21 Å². The van der Waals surface area contributed by atoms with Crippen LogP contribution in [-0.2, 0) is 14.8 Å². The second-order valence-corrected chi connectivity index (χ2v) is 10.5. The summed E-state index contributed by atoms with van der Waals surface area (Å²) < 4.78 is 53.5. The number of amides is 1. The van der Waals surface area contributed by atoms with Crippen LogP contribution in [-0.4, -0.2) is 61.2 Å². The van der Waals surface area contributed by atoms with Crippen LogP contribution in [0.15, 0.2) is 18.2 Å². The zero-order chi connectivity index (χ0) is 22.6. The van der Waals surface area contributed by atoms with E-state index in [4.69, 9.17) is 0 Å². The Morgan fingerprint density at radius 1 is 1.00 bits per heavy atom.